The third-order valence-electron chi connectivity index (χ3n) is 12.5. The molecule has 0 spiro atoms. The number of benzene rings is 3. The number of aliphatic hydroxyl groups excluding tert-OH is 2. The standard InChI is InChI=1S/C49H62N2O9/c1-4-26-51(48(54)55-3)44-33-42(50-60-45-19-11-14-30-56-45)40-31-36(17-9-12-27-52)39(18-10-13-28-53)46-41-32-38(24-25-43(41)59-49(44,47(40)46)57-29-5-2)58-37-22-20-35(21-23-37)34-15-7-6-8-16-34/h5-8,15-16,20-25,31-32,36,39,44-47,52-53H,2,4,9-14,17-19,26-30,33H2,1,3H3/t36-,39+,44-,45?,46+,47+,49+/m0/s1. The van der Waals surface area contributed by atoms with Crippen molar-refractivity contribution >= 4 is 11.8 Å². The van der Waals surface area contributed by atoms with Crippen molar-refractivity contribution in [1.29, 1.82) is 0 Å². The molecule has 1 amide bonds. The van der Waals surface area contributed by atoms with E-state index in [9.17, 15) is 15.0 Å². The van der Waals surface area contributed by atoms with Crippen LogP contribution in [0.15, 0.2) is 102 Å². The van der Waals surface area contributed by atoms with Crippen molar-refractivity contribution in [3.05, 3.63) is 103 Å². The number of nitrogens with zero attached hydrogens (tertiary/aromatic N) is 2. The van der Waals surface area contributed by atoms with Crippen molar-refractivity contribution in [2.75, 3.05) is 40.1 Å². The second kappa shape index (κ2) is 20.7. The van der Waals surface area contributed by atoms with Gasteiger partial charge in [-0.25, -0.2) is 4.79 Å². The Labute approximate surface area is 354 Å². The Morgan fingerprint density at radius 2 is 1.72 bits per heavy atom. The molecule has 60 heavy (non-hydrogen) atoms. The molecule has 4 aliphatic rings. The fourth-order valence-electron chi connectivity index (χ4n) is 9.84. The SMILES string of the molecule is C=CCO[C@@]12Oc3ccc(Oc4ccc(-c5ccccc5)cc4)cc3[C@H]3[C@H](CCCCO)[C@@H](CCCCO)C=C(C(=NOC4CCCCO4)C[C@@H]1N(CCC)C(=O)OC)[C@H]32. The predicted octanol–water partition coefficient (Wildman–Crippen LogP) is 9.78. The van der Waals surface area contributed by atoms with Crippen LogP contribution in [-0.2, 0) is 19.0 Å². The maximum atomic E-state index is 13.9. The second-order valence-corrected chi connectivity index (χ2v) is 16.3. The first-order chi connectivity index (χ1) is 29.4. The Morgan fingerprint density at radius 1 is 0.967 bits per heavy atom. The van der Waals surface area contributed by atoms with Crippen LogP contribution in [0.5, 0.6) is 17.2 Å². The van der Waals surface area contributed by atoms with Gasteiger partial charge in [-0.2, -0.15) is 0 Å². The third-order valence-corrected chi connectivity index (χ3v) is 12.5. The van der Waals surface area contributed by atoms with Crippen molar-refractivity contribution in [2.24, 2.45) is 22.9 Å². The maximum absolute atomic E-state index is 13.9. The minimum Gasteiger partial charge on any atom is -0.459 e. The number of hydrogen-bond acceptors (Lipinski definition) is 10. The summed E-state index contributed by atoms with van der Waals surface area (Å²) in [6.07, 6.45) is 11.5. The summed E-state index contributed by atoms with van der Waals surface area (Å²) in [5.74, 6) is 0.256. The first kappa shape index (κ1) is 43.4. The van der Waals surface area contributed by atoms with Crippen molar-refractivity contribution < 1.29 is 43.5 Å². The van der Waals surface area contributed by atoms with E-state index in [0.717, 1.165) is 72.9 Å². The van der Waals surface area contributed by atoms with Crippen LogP contribution in [0.2, 0.25) is 0 Å². The van der Waals surface area contributed by atoms with Crippen LogP contribution < -0.4 is 9.47 Å². The fraction of sp³-hybridized carbons (Fsp3) is 0.510. The molecule has 322 valence electrons. The Morgan fingerprint density at radius 3 is 2.42 bits per heavy atom. The quantitative estimate of drug-likeness (QED) is 0.0690. The summed E-state index contributed by atoms with van der Waals surface area (Å²) in [7, 11) is 1.40. The van der Waals surface area contributed by atoms with Gasteiger partial charge in [-0.15, -0.1) is 6.58 Å². The van der Waals surface area contributed by atoms with E-state index in [0.29, 0.717) is 56.1 Å². The van der Waals surface area contributed by atoms with Gasteiger partial charge in [0.05, 0.1) is 32.0 Å². The zero-order valence-corrected chi connectivity index (χ0v) is 35.2. The highest BCUT2D eigenvalue weighted by Gasteiger charge is 2.65. The van der Waals surface area contributed by atoms with E-state index in [2.05, 4.69) is 43.0 Å². The summed E-state index contributed by atoms with van der Waals surface area (Å²) in [6.45, 7) is 7.48. The summed E-state index contributed by atoms with van der Waals surface area (Å²) in [5.41, 5.74) is 4.92. The fourth-order valence-corrected chi connectivity index (χ4v) is 9.84. The Balaban J connectivity index is 1.39. The summed E-state index contributed by atoms with van der Waals surface area (Å²) < 4.78 is 32.3. The normalized spacial score (nSPS) is 26.2. The molecule has 7 rings (SSSR count). The maximum Gasteiger partial charge on any atom is 0.409 e. The van der Waals surface area contributed by atoms with Gasteiger partial charge in [0.25, 0.3) is 0 Å². The molecule has 0 radical (unpaired) electrons. The number of amides is 1. The van der Waals surface area contributed by atoms with Crippen LogP contribution in [0.25, 0.3) is 11.1 Å². The van der Waals surface area contributed by atoms with E-state index in [1.165, 1.54) is 7.11 Å². The number of carbonyl (C=O) groups excluding carboxylic acids is 1. The lowest BCUT2D eigenvalue weighted by molar-refractivity contribution is -0.255. The van der Waals surface area contributed by atoms with Gasteiger partial charge < -0.3 is 38.7 Å². The van der Waals surface area contributed by atoms with E-state index in [1.807, 2.05) is 49.4 Å². The molecule has 1 saturated carbocycles. The largest absolute Gasteiger partial charge is 0.459 e. The van der Waals surface area contributed by atoms with Gasteiger partial charge in [0.15, 0.2) is 0 Å². The molecule has 3 aromatic rings. The smallest absolute Gasteiger partial charge is 0.409 e. The number of unbranched alkanes of at least 4 members (excludes halogenated alkanes) is 2. The Bertz CT molecular complexity index is 1930. The van der Waals surface area contributed by atoms with Crippen molar-refractivity contribution in [1.82, 2.24) is 4.90 Å². The summed E-state index contributed by atoms with van der Waals surface area (Å²) in [5, 5.41) is 24.8. The summed E-state index contributed by atoms with van der Waals surface area (Å²) >= 11 is 0. The molecule has 11 nitrogen and oxygen atoms in total. The van der Waals surface area contributed by atoms with Gasteiger partial charge in [0, 0.05) is 44.1 Å². The second-order valence-electron chi connectivity index (χ2n) is 16.3. The molecule has 2 aliphatic heterocycles. The number of carbonyl (C=O) groups is 1. The number of ether oxygens (including phenoxy) is 5. The first-order valence-corrected chi connectivity index (χ1v) is 22.0. The number of rotatable bonds is 19. The Kier molecular flexibility index (Phi) is 15.0. The molecule has 11 heteroatoms. The van der Waals surface area contributed by atoms with E-state index in [1.54, 1.807) is 11.0 Å². The van der Waals surface area contributed by atoms with Gasteiger partial charge >= 0.3 is 6.09 Å². The number of fused-ring (bicyclic) bond motifs is 2. The lowest BCUT2D eigenvalue weighted by atomic mass is 9.55. The van der Waals surface area contributed by atoms with Crippen molar-refractivity contribution in [3.8, 4) is 28.4 Å². The Hall–Kier alpha value is -4.68. The van der Waals surface area contributed by atoms with E-state index in [-0.39, 0.29) is 37.6 Å². The van der Waals surface area contributed by atoms with Crippen LogP contribution >= 0.6 is 0 Å². The third kappa shape index (κ3) is 9.44. The summed E-state index contributed by atoms with van der Waals surface area (Å²) in [6, 6.07) is 23.7. The number of allylic oxidation sites excluding steroid dienone is 1. The van der Waals surface area contributed by atoms with Gasteiger partial charge in [-0.3, -0.25) is 4.90 Å². The molecule has 2 heterocycles. The lowest BCUT2D eigenvalue weighted by Gasteiger charge is -2.59. The highest BCUT2D eigenvalue weighted by molar-refractivity contribution is 6.03. The average Bonchev–Trinajstić information content (AvgIpc) is 3.28. The monoisotopic (exact) mass is 822 g/mol. The summed E-state index contributed by atoms with van der Waals surface area (Å²) in [4.78, 5) is 21.8. The number of aliphatic hydroxyl groups is 2. The molecule has 2 aliphatic carbocycles. The van der Waals surface area contributed by atoms with E-state index in [4.69, 9.17) is 33.7 Å². The van der Waals surface area contributed by atoms with Crippen LogP contribution in [-0.4, -0.2) is 85.1 Å². The van der Waals surface area contributed by atoms with E-state index < -0.39 is 30.1 Å². The van der Waals surface area contributed by atoms with Crippen LogP contribution in [0.3, 0.4) is 0 Å². The van der Waals surface area contributed by atoms with Crippen LogP contribution in [0.1, 0.15) is 89.0 Å². The first-order valence-electron chi connectivity index (χ1n) is 22.0. The van der Waals surface area contributed by atoms with Crippen molar-refractivity contribution in [2.45, 2.75) is 102 Å². The zero-order valence-electron chi connectivity index (χ0n) is 35.2. The highest BCUT2D eigenvalue weighted by atomic mass is 16.8. The number of methoxy groups -OCH3 is 1. The molecule has 1 unspecified atom stereocenters. The molecule has 3 aromatic carbocycles. The molecule has 2 N–H and O–H groups in total. The minimum atomic E-state index is -1.36. The van der Waals surface area contributed by atoms with Gasteiger partial charge in [0.1, 0.15) is 23.3 Å². The van der Waals surface area contributed by atoms with Crippen LogP contribution in [0, 0.1) is 17.8 Å². The molecular formula is C49H62N2O9. The topological polar surface area (TPSA) is 129 Å². The number of hydrogen-bond donors (Lipinski definition) is 2. The zero-order chi connectivity index (χ0) is 41.9. The minimum absolute atomic E-state index is 0.0825. The molecule has 0 bridgehead atoms. The molecule has 1 saturated heterocycles. The average molecular weight is 823 g/mol. The number of oxime groups is 1. The molecule has 7 atom stereocenters. The van der Waals surface area contributed by atoms with E-state index >= 15 is 0 Å². The van der Waals surface area contributed by atoms with Crippen LogP contribution in [0.4, 0.5) is 4.79 Å². The van der Waals surface area contributed by atoms with Gasteiger partial charge in [-0.1, -0.05) is 79.5 Å². The highest BCUT2D eigenvalue weighted by Crippen LogP contribution is 2.62. The lowest BCUT2D eigenvalue weighted by Crippen LogP contribution is -2.70. The molecule has 0 aromatic heterocycles. The predicted molar refractivity (Wildman–Crippen MR) is 231 cm³/mol. The molecular weight excluding hydrogens is 761 g/mol. The van der Waals surface area contributed by atoms with Gasteiger partial charge in [-0.05, 0) is 104 Å². The molecule has 2 fully saturated rings. The van der Waals surface area contributed by atoms with Crippen molar-refractivity contribution in [3.63, 3.8) is 0 Å². The van der Waals surface area contributed by atoms with Gasteiger partial charge in [0.2, 0.25) is 12.1 Å².